The highest BCUT2D eigenvalue weighted by molar-refractivity contribution is 9.10. The lowest BCUT2D eigenvalue weighted by Crippen LogP contribution is -2.13. The number of benzene rings is 2. The minimum Gasteiger partial charge on any atom is -0.392 e. The molecule has 2 aromatic carbocycles. The van der Waals surface area contributed by atoms with Crippen LogP contribution in [0.4, 0.5) is 5.69 Å². The second-order valence-corrected chi connectivity index (χ2v) is 7.42. The molecule has 2 N–H and O–H groups in total. The Balaban J connectivity index is 2.35. The Labute approximate surface area is 140 Å². The van der Waals surface area contributed by atoms with Gasteiger partial charge in [-0.1, -0.05) is 35.3 Å². The van der Waals surface area contributed by atoms with Crippen LogP contribution in [0, 0.1) is 0 Å². The summed E-state index contributed by atoms with van der Waals surface area (Å²) in [6.07, 6.45) is 0. The number of halogens is 3. The number of sulfonamides is 1. The van der Waals surface area contributed by atoms with Crippen LogP contribution in [0.25, 0.3) is 0 Å². The zero-order valence-electron chi connectivity index (χ0n) is 10.5. The summed E-state index contributed by atoms with van der Waals surface area (Å²) in [5, 5.41) is 9.30. The van der Waals surface area contributed by atoms with Crippen molar-refractivity contribution >= 4 is 54.8 Å². The van der Waals surface area contributed by atoms with Crippen LogP contribution in [0.3, 0.4) is 0 Å². The topological polar surface area (TPSA) is 66.4 Å². The Morgan fingerprint density at radius 1 is 1.05 bits per heavy atom. The molecule has 0 atom stereocenters. The summed E-state index contributed by atoms with van der Waals surface area (Å²) < 4.78 is 27.5. The van der Waals surface area contributed by atoms with Crippen LogP contribution in [-0.4, -0.2) is 13.5 Å². The molecular formula is C13H10BrCl2NO3S. The molecule has 0 aliphatic heterocycles. The molecule has 0 radical (unpaired) electrons. The normalized spacial score (nSPS) is 11.4. The third kappa shape index (κ3) is 3.70. The van der Waals surface area contributed by atoms with Crippen LogP contribution in [0.2, 0.25) is 10.0 Å². The number of hydrogen-bond acceptors (Lipinski definition) is 3. The fraction of sp³-hybridized carbons (Fsp3) is 0.0769. The van der Waals surface area contributed by atoms with Gasteiger partial charge in [0.2, 0.25) is 0 Å². The van der Waals surface area contributed by atoms with Gasteiger partial charge in [0.05, 0.1) is 27.2 Å². The number of rotatable bonds is 4. The first-order valence-corrected chi connectivity index (χ1v) is 8.74. The summed E-state index contributed by atoms with van der Waals surface area (Å²) in [7, 11) is -3.78. The molecule has 21 heavy (non-hydrogen) atoms. The van der Waals surface area contributed by atoms with Gasteiger partial charge in [0.15, 0.2) is 0 Å². The van der Waals surface area contributed by atoms with Crippen LogP contribution in [0.5, 0.6) is 0 Å². The molecule has 2 aromatic rings. The maximum Gasteiger partial charge on any atom is 0.261 e. The molecule has 0 unspecified atom stereocenters. The van der Waals surface area contributed by atoms with E-state index in [1.165, 1.54) is 30.3 Å². The SMILES string of the molecule is O=S(=O)(Nc1ccc(Br)c(Cl)c1Cl)c1ccc(CO)cc1. The molecule has 0 saturated carbocycles. The molecule has 112 valence electrons. The summed E-state index contributed by atoms with van der Waals surface area (Å²) in [6.45, 7) is -0.151. The van der Waals surface area contributed by atoms with Crippen LogP contribution >= 0.6 is 39.1 Å². The van der Waals surface area contributed by atoms with Crippen LogP contribution in [0.1, 0.15) is 5.56 Å². The van der Waals surface area contributed by atoms with Crippen molar-refractivity contribution in [3.8, 4) is 0 Å². The summed E-state index contributed by atoms with van der Waals surface area (Å²) in [5.41, 5.74) is 0.815. The lowest BCUT2D eigenvalue weighted by molar-refractivity contribution is 0.282. The highest BCUT2D eigenvalue weighted by Gasteiger charge is 2.17. The standard InChI is InChI=1S/C13H10BrCl2NO3S/c14-10-5-6-11(13(16)12(10)15)17-21(19,20)9-3-1-8(7-18)2-4-9/h1-6,17-18H,7H2. The van der Waals surface area contributed by atoms with Crippen LogP contribution in [-0.2, 0) is 16.6 Å². The molecule has 2 rings (SSSR count). The molecule has 8 heteroatoms. The highest BCUT2D eigenvalue weighted by Crippen LogP contribution is 2.36. The second-order valence-electron chi connectivity index (χ2n) is 4.13. The number of nitrogens with one attached hydrogen (secondary N) is 1. The van der Waals surface area contributed by atoms with Crippen LogP contribution < -0.4 is 4.72 Å². The van der Waals surface area contributed by atoms with Gasteiger partial charge in [0, 0.05) is 4.47 Å². The Morgan fingerprint density at radius 2 is 1.67 bits per heavy atom. The van der Waals surface area contributed by atoms with Crippen molar-refractivity contribution in [1.29, 1.82) is 0 Å². The molecule has 4 nitrogen and oxygen atoms in total. The quantitative estimate of drug-likeness (QED) is 0.747. The number of aliphatic hydroxyl groups excluding tert-OH is 1. The minimum atomic E-state index is -3.78. The Morgan fingerprint density at radius 3 is 2.24 bits per heavy atom. The monoisotopic (exact) mass is 409 g/mol. The summed E-state index contributed by atoms with van der Waals surface area (Å²) in [5.74, 6) is 0. The van der Waals surface area contributed by atoms with Crippen LogP contribution in [0.15, 0.2) is 45.8 Å². The fourth-order valence-corrected chi connectivity index (χ4v) is 3.53. The van der Waals surface area contributed by atoms with Crippen molar-refractivity contribution < 1.29 is 13.5 Å². The van der Waals surface area contributed by atoms with Gasteiger partial charge in [-0.25, -0.2) is 8.42 Å². The van der Waals surface area contributed by atoms with E-state index in [1.807, 2.05) is 0 Å². The molecule has 0 aliphatic carbocycles. The first-order chi connectivity index (χ1) is 9.85. The number of hydrogen-bond donors (Lipinski definition) is 2. The van der Waals surface area contributed by atoms with Gasteiger partial charge in [-0.3, -0.25) is 4.72 Å². The average molecular weight is 411 g/mol. The van der Waals surface area contributed by atoms with Crippen molar-refractivity contribution in [1.82, 2.24) is 0 Å². The first kappa shape index (κ1) is 16.6. The predicted molar refractivity (Wildman–Crippen MR) is 87.3 cm³/mol. The maximum absolute atomic E-state index is 12.3. The molecule has 0 heterocycles. The van der Waals surface area contributed by atoms with E-state index in [9.17, 15) is 8.42 Å². The van der Waals surface area contributed by atoms with E-state index < -0.39 is 10.0 Å². The van der Waals surface area contributed by atoms with Crippen molar-refractivity contribution in [2.45, 2.75) is 11.5 Å². The van der Waals surface area contributed by atoms with Crippen molar-refractivity contribution in [2.24, 2.45) is 0 Å². The van der Waals surface area contributed by atoms with Crippen molar-refractivity contribution in [3.05, 3.63) is 56.5 Å². The lowest BCUT2D eigenvalue weighted by Gasteiger charge is -2.11. The van der Waals surface area contributed by atoms with E-state index in [0.29, 0.717) is 10.0 Å². The zero-order chi connectivity index (χ0) is 15.6. The molecule has 0 saturated heterocycles. The summed E-state index contributed by atoms with van der Waals surface area (Å²) in [6, 6.07) is 8.98. The van der Waals surface area contributed by atoms with Crippen molar-refractivity contribution in [2.75, 3.05) is 4.72 Å². The van der Waals surface area contributed by atoms with Gasteiger partial charge in [-0.15, -0.1) is 0 Å². The second kappa shape index (κ2) is 6.54. The molecule has 0 bridgehead atoms. The van der Waals surface area contributed by atoms with Gasteiger partial charge in [0.25, 0.3) is 10.0 Å². The van der Waals surface area contributed by atoms with Gasteiger partial charge in [0.1, 0.15) is 0 Å². The van der Waals surface area contributed by atoms with E-state index in [-0.39, 0.29) is 27.2 Å². The maximum atomic E-state index is 12.3. The Kier molecular flexibility index (Phi) is 5.16. The molecule has 0 fully saturated rings. The van der Waals surface area contributed by atoms with E-state index >= 15 is 0 Å². The lowest BCUT2D eigenvalue weighted by atomic mass is 10.2. The highest BCUT2D eigenvalue weighted by atomic mass is 79.9. The first-order valence-electron chi connectivity index (χ1n) is 5.71. The van der Waals surface area contributed by atoms with E-state index in [1.54, 1.807) is 6.07 Å². The molecular weight excluding hydrogens is 401 g/mol. The van der Waals surface area contributed by atoms with E-state index in [4.69, 9.17) is 28.3 Å². The van der Waals surface area contributed by atoms with Crippen molar-refractivity contribution in [3.63, 3.8) is 0 Å². The number of anilines is 1. The summed E-state index contributed by atoms with van der Waals surface area (Å²) >= 11 is 15.2. The Bertz CT molecular complexity index is 764. The fourth-order valence-electron chi connectivity index (χ4n) is 1.58. The third-order valence-electron chi connectivity index (χ3n) is 2.70. The predicted octanol–water partition coefficient (Wildman–Crippen LogP) is 4.05. The zero-order valence-corrected chi connectivity index (χ0v) is 14.4. The average Bonchev–Trinajstić information content (AvgIpc) is 2.48. The molecule has 0 aromatic heterocycles. The molecule has 0 spiro atoms. The minimum absolute atomic E-state index is 0.0646. The van der Waals surface area contributed by atoms with Gasteiger partial charge >= 0.3 is 0 Å². The largest absolute Gasteiger partial charge is 0.392 e. The molecule has 0 aliphatic rings. The van der Waals surface area contributed by atoms with Gasteiger partial charge < -0.3 is 5.11 Å². The number of aliphatic hydroxyl groups is 1. The smallest absolute Gasteiger partial charge is 0.261 e. The van der Waals surface area contributed by atoms with E-state index in [2.05, 4.69) is 20.7 Å². The summed E-state index contributed by atoms with van der Waals surface area (Å²) in [4.78, 5) is 0.0646. The Hall–Kier alpha value is -0.790. The van der Waals surface area contributed by atoms with E-state index in [0.717, 1.165) is 0 Å². The third-order valence-corrected chi connectivity index (χ3v) is 5.85. The van der Waals surface area contributed by atoms with Gasteiger partial charge in [-0.2, -0.15) is 0 Å². The molecule has 0 amide bonds. The van der Waals surface area contributed by atoms with Gasteiger partial charge in [-0.05, 0) is 45.8 Å².